The van der Waals surface area contributed by atoms with E-state index in [0.717, 1.165) is 31.2 Å². The van der Waals surface area contributed by atoms with Crippen LogP contribution in [0.4, 0.5) is 0 Å². The lowest BCUT2D eigenvalue weighted by molar-refractivity contribution is 0.293. The molecular formula is C26H31N5O2. The topological polar surface area (TPSA) is 104 Å². The minimum atomic E-state index is -0.605. The summed E-state index contributed by atoms with van der Waals surface area (Å²) in [4.78, 5) is 25.3. The normalized spacial score (nSPS) is 22.5. The summed E-state index contributed by atoms with van der Waals surface area (Å²) in [6.07, 6.45) is 7.84. The van der Waals surface area contributed by atoms with Crippen molar-refractivity contribution in [2.45, 2.75) is 76.4 Å². The van der Waals surface area contributed by atoms with Gasteiger partial charge in [-0.25, -0.2) is 4.79 Å². The SMILES string of the molecule is Cc1cn(CC2CC2)c(=O)n(CCCNC2CCC(C#N)(c3ccccc3C#N)CC2)c1=O. The molecule has 2 aromatic rings. The molecule has 1 aromatic heterocycles. The molecule has 7 heteroatoms. The van der Waals surface area contributed by atoms with Gasteiger partial charge < -0.3 is 5.32 Å². The fraction of sp³-hybridized carbons (Fsp3) is 0.538. The second-order valence-corrected chi connectivity index (χ2v) is 9.58. The standard InChI is InChI=1S/C26H31N5O2/c1-19-16-30(17-20-7-8-20)25(33)31(24(19)32)14-4-13-29-22-9-11-26(18-28,12-10-22)23-6-3-2-5-21(23)15-27/h2-3,5-6,16,20,22,29H,4,7-14,17H2,1H3. The Labute approximate surface area is 194 Å². The van der Waals surface area contributed by atoms with Crippen LogP contribution < -0.4 is 16.6 Å². The Morgan fingerprint density at radius 2 is 1.85 bits per heavy atom. The van der Waals surface area contributed by atoms with Gasteiger partial charge in [-0.2, -0.15) is 10.5 Å². The number of aryl methyl sites for hydroxylation is 1. The average Bonchev–Trinajstić information content (AvgIpc) is 3.66. The van der Waals surface area contributed by atoms with Crippen molar-refractivity contribution in [3.05, 3.63) is 68.0 Å². The third-order valence-corrected chi connectivity index (χ3v) is 7.17. The highest BCUT2D eigenvalue weighted by Gasteiger charge is 2.38. The fourth-order valence-electron chi connectivity index (χ4n) is 5.00. The van der Waals surface area contributed by atoms with Crippen molar-refractivity contribution in [3.8, 4) is 12.1 Å². The minimum absolute atomic E-state index is 0.195. The molecular weight excluding hydrogens is 414 g/mol. The first kappa shape index (κ1) is 23.0. The van der Waals surface area contributed by atoms with Crippen molar-refractivity contribution >= 4 is 0 Å². The quantitative estimate of drug-likeness (QED) is 0.629. The van der Waals surface area contributed by atoms with E-state index in [1.165, 1.54) is 4.57 Å². The van der Waals surface area contributed by atoms with E-state index < -0.39 is 5.41 Å². The molecule has 0 unspecified atom stereocenters. The number of rotatable bonds is 8. The number of hydrogen-bond donors (Lipinski definition) is 1. The number of nitrogens with one attached hydrogen (secondary N) is 1. The number of nitriles is 2. The number of benzene rings is 1. The predicted molar refractivity (Wildman–Crippen MR) is 126 cm³/mol. The average molecular weight is 446 g/mol. The molecule has 0 radical (unpaired) electrons. The molecule has 2 saturated carbocycles. The molecule has 33 heavy (non-hydrogen) atoms. The molecule has 0 aliphatic heterocycles. The van der Waals surface area contributed by atoms with Crippen LogP contribution in [-0.4, -0.2) is 21.7 Å². The van der Waals surface area contributed by atoms with Crippen LogP contribution >= 0.6 is 0 Å². The van der Waals surface area contributed by atoms with E-state index in [-0.39, 0.29) is 11.2 Å². The zero-order valence-electron chi connectivity index (χ0n) is 19.2. The molecule has 0 saturated heterocycles. The van der Waals surface area contributed by atoms with E-state index in [0.29, 0.717) is 62.0 Å². The van der Waals surface area contributed by atoms with Crippen molar-refractivity contribution in [2.75, 3.05) is 6.54 Å². The molecule has 7 nitrogen and oxygen atoms in total. The van der Waals surface area contributed by atoms with Crippen LogP contribution in [0.3, 0.4) is 0 Å². The van der Waals surface area contributed by atoms with Crippen molar-refractivity contribution in [3.63, 3.8) is 0 Å². The lowest BCUT2D eigenvalue weighted by Crippen LogP contribution is -2.42. The number of hydrogen-bond acceptors (Lipinski definition) is 5. The maximum atomic E-state index is 12.7. The van der Waals surface area contributed by atoms with Crippen molar-refractivity contribution in [1.82, 2.24) is 14.5 Å². The Hall–Kier alpha value is -3.16. The summed E-state index contributed by atoms with van der Waals surface area (Å²) in [5.41, 5.74) is 1.04. The molecule has 1 heterocycles. The Morgan fingerprint density at radius 1 is 1.12 bits per heavy atom. The summed E-state index contributed by atoms with van der Waals surface area (Å²) in [6.45, 7) is 3.59. The van der Waals surface area contributed by atoms with Crippen LogP contribution in [0, 0.1) is 35.5 Å². The van der Waals surface area contributed by atoms with Gasteiger partial charge in [-0.1, -0.05) is 18.2 Å². The van der Waals surface area contributed by atoms with Gasteiger partial charge in [-0.15, -0.1) is 0 Å². The van der Waals surface area contributed by atoms with Gasteiger partial charge in [0.15, 0.2) is 0 Å². The monoisotopic (exact) mass is 445 g/mol. The molecule has 1 N–H and O–H groups in total. The van der Waals surface area contributed by atoms with E-state index in [4.69, 9.17) is 0 Å². The lowest BCUT2D eigenvalue weighted by atomic mass is 9.68. The van der Waals surface area contributed by atoms with Crippen molar-refractivity contribution < 1.29 is 0 Å². The lowest BCUT2D eigenvalue weighted by Gasteiger charge is -2.36. The van der Waals surface area contributed by atoms with Crippen LogP contribution in [0.25, 0.3) is 0 Å². The molecule has 0 bridgehead atoms. The number of aromatic nitrogens is 2. The van der Waals surface area contributed by atoms with Gasteiger partial charge in [0.1, 0.15) is 0 Å². The minimum Gasteiger partial charge on any atom is -0.314 e. The van der Waals surface area contributed by atoms with E-state index in [1.54, 1.807) is 23.8 Å². The number of nitrogens with zero attached hydrogens (tertiary/aromatic N) is 4. The Bertz CT molecular complexity index is 1200. The van der Waals surface area contributed by atoms with Crippen LogP contribution in [0.15, 0.2) is 40.1 Å². The highest BCUT2D eigenvalue weighted by molar-refractivity contribution is 5.46. The smallest absolute Gasteiger partial charge is 0.314 e. The zero-order valence-corrected chi connectivity index (χ0v) is 19.2. The molecule has 0 amide bonds. The first-order chi connectivity index (χ1) is 16.0. The van der Waals surface area contributed by atoms with Gasteiger partial charge in [-0.05, 0) is 76.0 Å². The second kappa shape index (κ2) is 9.77. The summed E-state index contributed by atoms with van der Waals surface area (Å²) in [7, 11) is 0. The van der Waals surface area contributed by atoms with E-state index in [9.17, 15) is 20.1 Å². The third-order valence-electron chi connectivity index (χ3n) is 7.17. The fourth-order valence-corrected chi connectivity index (χ4v) is 5.00. The van der Waals surface area contributed by atoms with Crippen LogP contribution in [-0.2, 0) is 18.5 Å². The third kappa shape index (κ3) is 4.94. The van der Waals surface area contributed by atoms with E-state index >= 15 is 0 Å². The van der Waals surface area contributed by atoms with Gasteiger partial charge in [0.25, 0.3) is 5.56 Å². The summed E-state index contributed by atoms with van der Waals surface area (Å²) < 4.78 is 3.07. The zero-order chi connectivity index (χ0) is 23.4. The van der Waals surface area contributed by atoms with Crippen LogP contribution in [0.5, 0.6) is 0 Å². The highest BCUT2D eigenvalue weighted by Crippen LogP contribution is 2.40. The molecule has 0 spiro atoms. The molecule has 2 aliphatic carbocycles. The van der Waals surface area contributed by atoms with Gasteiger partial charge in [-0.3, -0.25) is 13.9 Å². The molecule has 0 atom stereocenters. The van der Waals surface area contributed by atoms with Gasteiger partial charge in [0.2, 0.25) is 0 Å². The van der Waals surface area contributed by atoms with E-state index in [1.807, 2.05) is 18.2 Å². The van der Waals surface area contributed by atoms with Crippen LogP contribution in [0.1, 0.15) is 61.6 Å². The molecule has 2 fully saturated rings. The summed E-state index contributed by atoms with van der Waals surface area (Å²) in [5, 5.41) is 22.9. The summed E-state index contributed by atoms with van der Waals surface area (Å²) >= 11 is 0. The molecule has 2 aliphatic rings. The Morgan fingerprint density at radius 3 is 2.52 bits per heavy atom. The van der Waals surface area contributed by atoms with Gasteiger partial charge in [0, 0.05) is 30.9 Å². The van der Waals surface area contributed by atoms with Gasteiger partial charge in [0.05, 0.1) is 23.1 Å². The van der Waals surface area contributed by atoms with Crippen molar-refractivity contribution in [1.29, 1.82) is 10.5 Å². The first-order valence-electron chi connectivity index (χ1n) is 11.9. The first-order valence-corrected chi connectivity index (χ1v) is 11.9. The Balaban J connectivity index is 1.32. The maximum absolute atomic E-state index is 12.7. The highest BCUT2D eigenvalue weighted by atomic mass is 16.2. The largest absolute Gasteiger partial charge is 0.330 e. The van der Waals surface area contributed by atoms with Crippen molar-refractivity contribution in [2.24, 2.45) is 5.92 Å². The van der Waals surface area contributed by atoms with Crippen LogP contribution in [0.2, 0.25) is 0 Å². The summed E-state index contributed by atoms with van der Waals surface area (Å²) in [5.74, 6) is 0.571. The van der Waals surface area contributed by atoms with Gasteiger partial charge >= 0.3 is 5.69 Å². The Kier molecular flexibility index (Phi) is 6.81. The molecule has 1 aromatic carbocycles. The molecule has 4 rings (SSSR count). The second-order valence-electron chi connectivity index (χ2n) is 9.58. The maximum Gasteiger partial charge on any atom is 0.330 e. The molecule has 172 valence electrons. The summed E-state index contributed by atoms with van der Waals surface area (Å²) in [6, 6.07) is 12.4. The predicted octanol–water partition coefficient (Wildman–Crippen LogP) is 2.98. The van der Waals surface area contributed by atoms with E-state index in [2.05, 4.69) is 17.5 Å².